The number of nitrogens with zero attached hydrogens (tertiary/aromatic N) is 3. The van der Waals surface area contributed by atoms with Crippen molar-refractivity contribution in [3.05, 3.63) is 113 Å². The van der Waals surface area contributed by atoms with E-state index in [4.69, 9.17) is 16.3 Å². The zero-order chi connectivity index (χ0) is 28.7. The molecule has 6 nitrogen and oxygen atoms in total. The Balaban J connectivity index is 1.59. The summed E-state index contributed by atoms with van der Waals surface area (Å²) in [5.41, 5.74) is 0.752. The number of hydrogen-bond donors (Lipinski definition) is 1. The molecule has 0 aliphatic rings. The Morgan fingerprint density at radius 2 is 1.85 bits per heavy atom. The fourth-order valence-electron chi connectivity index (χ4n) is 3.80. The standard InChI is InChI=1S/C29H26ClF3N4O2S/c1-3-16-37-25(18-39-22-13-10-19(4-2)11-14-22)35-36-28(37)40-26(20-8-6-5-7-9-20)27(38)34-24-17-21(29(31,32)33)12-15-23(24)30/h3,5-15,17,26H,1,4,16,18H2,2H3,(H,34,38)/t26-/m1/s1. The first-order chi connectivity index (χ1) is 19.2. The average Bonchev–Trinajstić information content (AvgIpc) is 3.32. The second-order valence-electron chi connectivity index (χ2n) is 8.67. The number of aromatic nitrogens is 3. The fraction of sp³-hybridized carbons (Fsp3) is 0.207. The molecule has 0 spiro atoms. The number of nitrogens with one attached hydrogen (secondary N) is 1. The first-order valence-electron chi connectivity index (χ1n) is 12.3. The molecule has 0 aliphatic heterocycles. The summed E-state index contributed by atoms with van der Waals surface area (Å²) in [5.74, 6) is 0.633. The van der Waals surface area contributed by atoms with Crippen molar-refractivity contribution < 1.29 is 22.7 Å². The minimum Gasteiger partial charge on any atom is -0.486 e. The summed E-state index contributed by atoms with van der Waals surface area (Å²) >= 11 is 7.24. The molecular formula is C29H26ClF3N4O2S. The quantitative estimate of drug-likeness (QED) is 0.144. The van der Waals surface area contributed by atoms with Gasteiger partial charge in [-0.15, -0.1) is 16.8 Å². The second kappa shape index (κ2) is 13.1. The molecule has 0 unspecified atom stereocenters. The number of rotatable bonds is 11. The largest absolute Gasteiger partial charge is 0.486 e. The first-order valence-corrected chi connectivity index (χ1v) is 13.6. The molecule has 208 valence electrons. The lowest BCUT2D eigenvalue weighted by molar-refractivity contribution is -0.137. The van der Waals surface area contributed by atoms with Crippen LogP contribution in [0.15, 0.2) is 90.6 Å². The summed E-state index contributed by atoms with van der Waals surface area (Å²) in [6.07, 6.45) is -1.99. The van der Waals surface area contributed by atoms with E-state index in [1.54, 1.807) is 41.0 Å². The summed E-state index contributed by atoms with van der Waals surface area (Å²) in [5, 5.41) is 10.6. The third-order valence-corrected chi connectivity index (χ3v) is 7.48. The van der Waals surface area contributed by atoms with Crippen LogP contribution in [-0.2, 0) is 30.5 Å². The SMILES string of the molecule is C=CCn1c(COc2ccc(CC)cc2)nnc1S[C@@H](C(=O)Nc1cc(C(F)(F)F)ccc1Cl)c1ccccc1. The lowest BCUT2D eigenvalue weighted by Gasteiger charge is -2.18. The Hall–Kier alpha value is -3.76. The van der Waals surface area contributed by atoms with Gasteiger partial charge in [0.05, 0.1) is 16.3 Å². The van der Waals surface area contributed by atoms with Gasteiger partial charge >= 0.3 is 6.18 Å². The summed E-state index contributed by atoms with van der Waals surface area (Å²) in [4.78, 5) is 13.5. The van der Waals surface area contributed by atoms with Crippen LogP contribution in [0.3, 0.4) is 0 Å². The summed E-state index contributed by atoms with van der Waals surface area (Å²) in [6.45, 7) is 6.37. The van der Waals surface area contributed by atoms with Crippen molar-refractivity contribution in [1.82, 2.24) is 14.8 Å². The topological polar surface area (TPSA) is 69.0 Å². The third kappa shape index (κ3) is 7.25. The van der Waals surface area contributed by atoms with Crippen LogP contribution in [0.1, 0.15) is 34.7 Å². The van der Waals surface area contributed by atoms with Gasteiger partial charge < -0.3 is 10.1 Å². The number of ether oxygens (including phenoxy) is 1. The van der Waals surface area contributed by atoms with E-state index in [0.29, 0.717) is 28.8 Å². The zero-order valence-corrected chi connectivity index (χ0v) is 23.1. The van der Waals surface area contributed by atoms with Crippen LogP contribution < -0.4 is 10.1 Å². The highest BCUT2D eigenvalue weighted by Gasteiger charge is 2.32. The smallest absolute Gasteiger partial charge is 0.416 e. The van der Waals surface area contributed by atoms with Crippen molar-refractivity contribution in [2.45, 2.75) is 43.1 Å². The molecule has 1 atom stereocenters. The number of carbonyl (C=O) groups is 1. The Labute approximate surface area is 239 Å². The van der Waals surface area contributed by atoms with E-state index in [9.17, 15) is 18.0 Å². The molecule has 11 heteroatoms. The van der Waals surface area contributed by atoms with Crippen LogP contribution in [0.25, 0.3) is 0 Å². The molecule has 0 saturated carbocycles. The predicted molar refractivity (Wildman–Crippen MR) is 150 cm³/mol. The monoisotopic (exact) mass is 586 g/mol. The average molecular weight is 587 g/mol. The molecule has 1 aromatic heterocycles. The van der Waals surface area contributed by atoms with Gasteiger partial charge in [-0.1, -0.05) is 78.8 Å². The maximum atomic E-state index is 13.5. The van der Waals surface area contributed by atoms with E-state index in [1.807, 2.05) is 24.3 Å². The number of halogens is 4. The number of anilines is 1. The molecule has 1 amide bonds. The Morgan fingerprint density at radius 1 is 1.12 bits per heavy atom. The number of alkyl halides is 3. The number of benzene rings is 3. The molecule has 0 saturated heterocycles. The van der Waals surface area contributed by atoms with Crippen molar-refractivity contribution in [2.24, 2.45) is 0 Å². The minimum atomic E-state index is -4.59. The predicted octanol–water partition coefficient (Wildman–Crippen LogP) is 7.75. The number of amides is 1. The lowest BCUT2D eigenvalue weighted by Crippen LogP contribution is -2.20. The van der Waals surface area contributed by atoms with E-state index in [-0.39, 0.29) is 17.3 Å². The third-order valence-electron chi connectivity index (χ3n) is 5.92. The van der Waals surface area contributed by atoms with E-state index < -0.39 is 22.9 Å². The normalized spacial score (nSPS) is 12.1. The summed E-state index contributed by atoms with van der Waals surface area (Å²) in [7, 11) is 0. The lowest BCUT2D eigenvalue weighted by atomic mass is 10.1. The van der Waals surface area contributed by atoms with Gasteiger partial charge in [0.25, 0.3) is 0 Å². The molecule has 0 bridgehead atoms. The molecule has 4 rings (SSSR count). The summed E-state index contributed by atoms with van der Waals surface area (Å²) in [6, 6.07) is 19.4. The van der Waals surface area contributed by atoms with Gasteiger partial charge in [-0.3, -0.25) is 9.36 Å². The molecule has 3 aromatic carbocycles. The molecule has 0 aliphatic carbocycles. The summed E-state index contributed by atoms with van der Waals surface area (Å²) < 4.78 is 47.5. The van der Waals surface area contributed by atoms with Crippen molar-refractivity contribution in [1.29, 1.82) is 0 Å². The van der Waals surface area contributed by atoms with E-state index in [1.165, 1.54) is 5.56 Å². The van der Waals surface area contributed by atoms with Crippen LogP contribution >= 0.6 is 23.4 Å². The van der Waals surface area contributed by atoms with Crippen LogP contribution in [-0.4, -0.2) is 20.7 Å². The van der Waals surface area contributed by atoms with Crippen LogP contribution in [0.4, 0.5) is 18.9 Å². The highest BCUT2D eigenvalue weighted by Crippen LogP contribution is 2.38. The number of carbonyl (C=O) groups excluding carboxylic acids is 1. The van der Waals surface area contributed by atoms with Gasteiger partial charge in [0, 0.05) is 6.54 Å². The van der Waals surface area contributed by atoms with Gasteiger partial charge in [-0.2, -0.15) is 13.2 Å². The minimum absolute atomic E-state index is 0.0145. The first kappa shape index (κ1) is 29.2. The van der Waals surface area contributed by atoms with E-state index in [0.717, 1.165) is 36.4 Å². The Morgan fingerprint density at radius 3 is 2.50 bits per heavy atom. The number of allylic oxidation sites excluding steroid dienone is 1. The molecule has 4 aromatic rings. The van der Waals surface area contributed by atoms with Crippen LogP contribution in [0.2, 0.25) is 5.02 Å². The van der Waals surface area contributed by atoms with Gasteiger partial charge in [0.1, 0.15) is 17.6 Å². The Bertz CT molecular complexity index is 1460. The molecule has 1 N–H and O–H groups in total. The number of hydrogen-bond acceptors (Lipinski definition) is 5. The van der Waals surface area contributed by atoms with Gasteiger partial charge in [-0.05, 0) is 47.9 Å². The zero-order valence-electron chi connectivity index (χ0n) is 21.5. The number of thioether (sulfide) groups is 1. The number of aryl methyl sites for hydroxylation is 1. The Kier molecular flexibility index (Phi) is 9.54. The van der Waals surface area contributed by atoms with Gasteiger partial charge in [0.15, 0.2) is 11.0 Å². The molecule has 40 heavy (non-hydrogen) atoms. The highest BCUT2D eigenvalue weighted by atomic mass is 35.5. The van der Waals surface area contributed by atoms with Crippen LogP contribution in [0.5, 0.6) is 5.75 Å². The maximum absolute atomic E-state index is 13.5. The van der Waals surface area contributed by atoms with Gasteiger partial charge in [-0.25, -0.2) is 0 Å². The highest BCUT2D eigenvalue weighted by molar-refractivity contribution is 8.00. The van der Waals surface area contributed by atoms with E-state index in [2.05, 4.69) is 29.0 Å². The molecule has 0 fully saturated rings. The van der Waals surface area contributed by atoms with Crippen LogP contribution in [0, 0.1) is 0 Å². The van der Waals surface area contributed by atoms with Crippen molar-refractivity contribution in [3.63, 3.8) is 0 Å². The second-order valence-corrected chi connectivity index (χ2v) is 10.2. The van der Waals surface area contributed by atoms with Crippen molar-refractivity contribution >= 4 is 35.0 Å². The molecule has 1 heterocycles. The van der Waals surface area contributed by atoms with E-state index >= 15 is 0 Å². The van der Waals surface area contributed by atoms with Crippen molar-refractivity contribution in [3.8, 4) is 5.75 Å². The van der Waals surface area contributed by atoms with Gasteiger partial charge in [0.2, 0.25) is 5.91 Å². The van der Waals surface area contributed by atoms with Crippen molar-refractivity contribution in [2.75, 3.05) is 5.32 Å². The molecular weight excluding hydrogens is 561 g/mol. The maximum Gasteiger partial charge on any atom is 0.416 e. The fourth-order valence-corrected chi connectivity index (χ4v) is 5.03. The molecule has 0 radical (unpaired) electrons.